The minimum atomic E-state index is -0.477. The number of aromatic nitrogens is 1. The molecule has 1 heterocycles. The molecule has 0 bridgehead atoms. The Morgan fingerprint density at radius 3 is 3.15 bits per heavy atom. The van der Waals surface area contributed by atoms with Gasteiger partial charge in [-0.1, -0.05) is 5.16 Å². The lowest BCUT2D eigenvalue weighted by Crippen LogP contribution is -2.27. The minimum Gasteiger partial charge on any atom is -0.369 e. The summed E-state index contributed by atoms with van der Waals surface area (Å²) in [5.41, 5.74) is 0. The molecule has 0 saturated heterocycles. The monoisotopic (exact) mass is 184 g/mol. The van der Waals surface area contributed by atoms with Crippen LogP contribution in [0, 0.1) is 0 Å². The number of carbonyl (C=O) groups excluding carboxylic acids is 1. The Kier molecular flexibility index (Phi) is 3.45. The third kappa shape index (κ3) is 2.87. The summed E-state index contributed by atoms with van der Waals surface area (Å²) in [5.74, 6) is 0.0927. The first-order valence-corrected chi connectivity index (χ1v) is 4.07. The molecule has 1 aromatic heterocycles. The highest BCUT2D eigenvalue weighted by Crippen LogP contribution is 2.04. The second-order valence-electron chi connectivity index (χ2n) is 2.46. The molecule has 5 nitrogen and oxygen atoms in total. The summed E-state index contributed by atoms with van der Waals surface area (Å²) in [5, 5.41) is 5.96. The number of rotatable bonds is 4. The molecule has 0 aliphatic heterocycles. The Balaban J connectivity index is 2.41. The molecule has 1 rings (SSSR count). The lowest BCUT2D eigenvalue weighted by atomic mass is 10.4. The normalized spacial score (nSPS) is 12.5. The molecule has 0 aromatic carbocycles. The van der Waals surface area contributed by atoms with Gasteiger partial charge in [0.05, 0.1) is 6.20 Å². The predicted octanol–water partition coefficient (Wildman–Crippen LogP) is 1.04. The molecule has 0 spiro atoms. The van der Waals surface area contributed by atoms with E-state index in [1.807, 2.05) is 6.92 Å². The van der Waals surface area contributed by atoms with E-state index in [9.17, 15) is 4.79 Å². The minimum absolute atomic E-state index is 0.237. The number of ether oxygens (including phenoxy) is 1. The third-order valence-electron chi connectivity index (χ3n) is 1.47. The van der Waals surface area contributed by atoms with E-state index in [4.69, 9.17) is 9.26 Å². The molecular formula is C8H12N2O3. The summed E-state index contributed by atoms with van der Waals surface area (Å²) in [6.07, 6.45) is 0.983. The average molecular weight is 184 g/mol. The first-order valence-electron chi connectivity index (χ1n) is 4.07. The molecule has 0 aliphatic rings. The Bertz CT molecular complexity index is 258. The maximum Gasteiger partial charge on any atom is 0.255 e. The maximum absolute atomic E-state index is 11.3. The summed E-state index contributed by atoms with van der Waals surface area (Å²) in [7, 11) is 0. The molecule has 0 fully saturated rings. The van der Waals surface area contributed by atoms with E-state index in [2.05, 4.69) is 10.5 Å². The van der Waals surface area contributed by atoms with Gasteiger partial charge in [-0.25, -0.2) is 0 Å². The first-order chi connectivity index (χ1) is 6.24. The van der Waals surface area contributed by atoms with Gasteiger partial charge in [-0.2, -0.15) is 0 Å². The molecule has 0 aliphatic carbocycles. The Labute approximate surface area is 76.0 Å². The molecular weight excluding hydrogens is 172 g/mol. The second kappa shape index (κ2) is 4.61. The number of hydrogen-bond acceptors (Lipinski definition) is 4. The number of anilines is 1. The van der Waals surface area contributed by atoms with Crippen molar-refractivity contribution in [3.05, 3.63) is 12.3 Å². The van der Waals surface area contributed by atoms with Crippen LogP contribution in [0.4, 0.5) is 5.88 Å². The Hall–Kier alpha value is -1.36. The van der Waals surface area contributed by atoms with Crippen LogP contribution in [0.2, 0.25) is 0 Å². The molecule has 5 heteroatoms. The smallest absolute Gasteiger partial charge is 0.255 e. The van der Waals surface area contributed by atoms with Crippen molar-refractivity contribution in [2.75, 3.05) is 11.9 Å². The second-order valence-corrected chi connectivity index (χ2v) is 2.46. The van der Waals surface area contributed by atoms with Crippen LogP contribution in [-0.4, -0.2) is 23.8 Å². The quantitative estimate of drug-likeness (QED) is 0.759. The molecule has 0 saturated carbocycles. The zero-order chi connectivity index (χ0) is 9.68. The van der Waals surface area contributed by atoms with Gasteiger partial charge >= 0.3 is 0 Å². The van der Waals surface area contributed by atoms with Crippen molar-refractivity contribution >= 4 is 11.8 Å². The van der Waals surface area contributed by atoms with Crippen molar-refractivity contribution in [1.82, 2.24) is 5.16 Å². The Morgan fingerprint density at radius 1 is 1.85 bits per heavy atom. The van der Waals surface area contributed by atoms with Gasteiger partial charge in [-0.3, -0.25) is 10.1 Å². The van der Waals surface area contributed by atoms with E-state index in [1.54, 1.807) is 13.0 Å². The van der Waals surface area contributed by atoms with Gasteiger partial charge in [-0.15, -0.1) is 0 Å². The number of carbonyl (C=O) groups is 1. The summed E-state index contributed by atoms with van der Waals surface area (Å²) in [6, 6.07) is 1.57. The molecule has 1 aromatic rings. The lowest BCUT2D eigenvalue weighted by Gasteiger charge is -2.09. The van der Waals surface area contributed by atoms with E-state index in [0.29, 0.717) is 12.5 Å². The van der Waals surface area contributed by atoms with Crippen molar-refractivity contribution in [1.29, 1.82) is 0 Å². The van der Waals surface area contributed by atoms with Crippen molar-refractivity contribution < 1.29 is 14.1 Å². The molecule has 1 amide bonds. The van der Waals surface area contributed by atoms with Crippen LogP contribution >= 0.6 is 0 Å². The van der Waals surface area contributed by atoms with Crippen LogP contribution < -0.4 is 5.32 Å². The molecule has 1 unspecified atom stereocenters. The van der Waals surface area contributed by atoms with Crippen molar-refractivity contribution in [3.8, 4) is 0 Å². The van der Waals surface area contributed by atoms with Gasteiger partial charge in [0.1, 0.15) is 6.10 Å². The average Bonchev–Trinajstić information content (AvgIpc) is 2.57. The Morgan fingerprint density at radius 2 is 2.62 bits per heavy atom. The van der Waals surface area contributed by atoms with Gasteiger partial charge in [0.15, 0.2) is 0 Å². The lowest BCUT2D eigenvalue weighted by molar-refractivity contribution is -0.126. The van der Waals surface area contributed by atoms with E-state index in [-0.39, 0.29) is 5.91 Å². The zero-order valence-electron chi connectivity index (χ0n) is 7.61. The zero-order valence-corrected chi connectivity index (χ0v) is 7.61. The molecule has 1 atom stereocenters. The SMILES string of the molecule is CCOC(C)C(=O)Nc1ccno1. The van der Waals surface area contributed by atoms with Gasteiger partial charge in [0.25, 0.3) is 5.91 Å². The summed E-state index contributed by atoms with van der Waals surface area (Å²) in [6.45, 7) is 4.01. The van der Waals surface area contributed by atoms with Gasteiger partial charge in [0, 0.05) is 12.7 Å². The summed E-state index contributed by atoms with van der Waals surface area (Å²) >= 11 is 0. The summed E-state index contributed by atoms with van der Waals surface area (Å²) < 4.78 is 9.77. The predicted molar refractivity (Wildman–Crippen MR) is 46.2 cm³/mol. The summed E-state index contributed by atoms with van der Waals surface area (Å²) in [4.78, 5) is 11.3. The van der Waals surface area contributed by atoms with Crippen LogP contribution in [0.3, 0.4) is 0 Å². The maximum atomic E-state index is 11.3. The highest BCUT2D eigenvalue weighted by molar-refractivity contribution is 5.92. The van der Waals surface area contributed by atoms with Gasteiger partial charge in [0.2, 0.25) is 5.88 Å². The topological polar surface area (TPSA) is 64.4 Å². The number of nitrogens with zero attached hydrogens (tertiary/aromatic N) is 1. The van der Waals surface area contributed by atoms with Crippen LogP contribution in [0.15, 0.2) is 16.8 Å². The number of amides is 1. The van der Waals surface area contributed by atoms with Gasteiger partial charge < -0.3 is 9.26 Å². The first kappa shape index (κ1) is 9.73. The largest absolute Gasteiger partial charge is 0.369 e. The van der Waals surface area contributed by atoms with Crippen molar-refractivity contribution in [2.45, 2.75) is 20.0 Å². The fourth-order valence-electron chi connectivity index (χ4n) is 0.829. The van der Waals surface area contributed by atoms with Crippen molar-refractivity contribution in [2.24, 2.45) is 0 Å². The van der Waals surface area contributed by atoms with Crippen LogP contribution in [0.1, 0.15) is 13.8 Å². The molecule has 0 radical (unpaired) electrons. The van der Waals surface area contributed by atoms with E-state index in [0.717, 1.165) is 0 Å². The number of nitrogens with one attached hydrogen (secondary N) is 1. The van der Waals surface area contributed by atoms with E-state index < -0.39 is 6.10 Å². The highest BCUT2D eigenvalue weighted by atomic mass is 16.5. The standard InChI is InChI=1S/C8H12N2O3/c1-3-12-6(2)8(11)10-7-4-5-9-13-7/h4-6H,3H2,1-2H3,(H,10,11). The van der Waals surface area contributed by atoms with Crippen LogP contribution in [0.5, 0.6) is 0 Å². The molecule has 72 valence electrons. The fourth-order valence-corrected chi connectivity index (χ4v) is 0.829. The third-order valence-corrected chi connectivity index (χ3v) is 1.47. The highest BCUT2D eigenvalue weighted by Gasteiger charge is 2.13. The van der Waals surface area contributed by atoms with Gasteiger partial charge in [-0.05, 0) is 13.8 Å². The van der Waals surface area contributed by atoms with Crippen molar-refractivity contribution in [3.63, 3.8) is 0 Å². The van der Waals surface area contributed by atoms with E-state index in [1.165, 1.54) is 6.20 Å². The fraction of sp³-hybridized carbons (Fsp3) is 0.500. The molecule has 13 heavy (non-hydrogen) atoms. The van der Waals surface area contributed by atoms with Crippen LogP contribution in [-0.2, 0) is 9.53 Å². The van der Waals surface area contributed by atoms with E-state index >= 15 is 0 Å². The van der Waals surface area contributed by atoms with Crippen LogP contribution in [0.25, 0.3) is 0 Å². The molecule has 1 N–H and O–H groups in total. The number of hydrogen-bond donors (Lipinski definition) is 1.